The highest BCUT2D eigenvalue weighted by Gasteiger charge is 2.20. The minimum Gasteiger partial charge on any atom is -0.436 e. The number of hydrogen-bond acceptors (Lipinski definition) is 3. The molecule has 1 unspecified atom stereocenters. The summed E-state index contributed by atoms with van der Waals surface area (Å²) in [5.74, 6) is -0.311. The van der Waals surface area contributed by atoms with E-state index in [1.807, 2.05) is 20.8 Å². The van der Waals surface area contributed by atoms with Gasteiger partial charge in [-0.3, -0.25) is 4.79 Å². The Morgan fingerprint density at radius 2 is 2.00 bits per heavy atom. The molecule has 0 spiro atoms. The van der Waals surface area contributed by atoms with Crippen LogP contribution in [0.5, 0.6) is 0 Å². The molecule has 0 aliphatic heterocycles. The minimum absolute atomic E-state index is 0.227. The van der Waals surface area contributed by atoms with Crippen LogP contribution < -0.4 is 0 Å². The van der Waals surface area contributed by atoms with Crippen LogP contribution in [0.2, 0.25) is 0 Å². The van der Waals surface area contributed by atoms with Gasteiger partial charge in [0.25, 0.3) is 0 Å². The molecule has 0 bridgehead atoms. The topological polar surface area (TPSA) is 35.5 Å². The van der Waals surface area contributed by atoms with Crippen LogP contribution in [0, 0.1) is 0 Å². The molecule has 0 rings (SSSR count). The molecule has 0 heterocycles. The highest BCUT2D eigenvalue weighted by molar-refractivity contribution is 5.65. The lowest BCUT2D eigenvalue weighted by Crippen LogP contribution is -2.30. The van der Waals surface area contributed by atoms with Crippen molar-refractivity contribution in [2.45, 2.75) is 52.9 Å². The SMILES string of the molecule is CCC(C)(C)OC(C)OC(C)=O. The van der Waals surface area contributed by atoms with Gasteiger partial charge < -0.3 is 9.47 Å². The summed E-state index contributed by atoms with van der Waals surface area (Å²) in [7, 11) is 0. The molecule has 0 fully saturated rings. The first-order chi connectivity index (χ1) is 5.37. The molecular weight excluding hydrogens is 156 g/mol. The lowest BCUT2D eigenvalue weighted by atomic mass is 10.1. The number of ether oxygens (including phenoxy) is 2. The Bertz CT molecular complexity index is 152. The van der Waals surface area contributed by atoms with Crippen LogP contribution in [-0.4, -0.2) is 17.9 Å². The Kier molecular flexibility index (Phi) is 4.24. The van der Waals surface area contributed by atoms with E-state index in [1.165, 1.54) is 6.92 Å². The monoisotopic (exact) mass is 174 g/mol. The lowest BCUT2D eigenvalue weighted by Gasteiger charge is -2.27. The zero-order chi connectivity index (χ0) is 9.78. The summed E-state index contributed by atoms with van der Waals surface area (Å²) < 4.78 is 10.3. The fraction of sp³-hybridized carbons (Fsp3) is 0.889. The third-order valence-electron chi connectivity index (χ3n) is 1.67. The Labute approximate surface area is 74.0 Å². The number of hydrogen-bond donors (Lipinski definition) is 0. The third kappa shape index (κ3) is 5.13. The van der Waals surface area contributed by atoms with E-state index in [4.69, 9.17) is 9.47 Å². The van der Waals surface area contributed by atoms with Crippen LogP contribution in [-0.2, 0) is 14.3 Å². The summed E-state index contributed by atoms with van der Waals surface area (Å²) in [5.41, 5.74) is -0.227. The molecule has 0 aliphatic rings. The average Bonchev–Trinajstić information content (AvgIpc) is 1.84. The zero-order valence-corrected chi connectivity index (χ0v) is 8.51. The van der Waals surface area contributed by atoms with Crippen LogP contribution in [0.3, 0.4) is 0 Å². The van der Waals surface area contributed by atoms with Gasteiger partial charge in [-0.25, -0.2) is 0 Å². The van der Waals surface area contributed by atoms with Crippen molar-refractivity contribution in [2.75, 3.05) is 0 Å². The van der Waals surface area contributed by atoms with E-state index in [-0.39, 0.29) is 11.6 Å². The summed E-state index contributed by atoms with van der Waals surface area (Å²) in [6, 6.07) is 0. The van der Waals surface area contributed by atoms with E-state index in [2.05, 4.69) is 0 Å². The second-order valence-corrected chi connectivity index (χ2v) is 3.41. The Hall–Kier alpha value is -0.570. The summed E-state index contributed by atoms with van der Waals surface area (Å²) >= 11 is 0. The Morgan fingerprint density at radius 3 is 2.33 bits per heavy atom. The van der Waals surface area contributed by atoms with Crippen molar-refractivity contribution in [3.63, 3.8) is 0 Å². The van der Waals surface area contributed by atoms with Crippen molar-refractivity contribution in [2.24, 2.45) is 0 Å². The van der Waals surface area contributed by atoms with E-state index in [0.29, 0.717) is 0 Å². The summed E-state index contributed by atoms with van der Waals surface area (Å²) in [5, 5.41) is 0. The second kappa shape index (κ2) is 4.45. The van der Waals surface area contributed by atoms with Crippen LogP contribution in [0.25, 0.3) is 0 Å². The third-order valence-corrected chi connectivity index (χ3v) is 1.67. The van der Waals surface area contributed by atoms with E-state index in [1.54, 1.807) is 6.92 Å². The first-order valence-corrected chi connectivity index (χ1v) is 4.22. The maximum atomic E-state index is 10.5. The van der Waals surface area contributed by atoms with E-state index in [9.17, 15) is 4.79 Å². The molecule has 12 heavy (non-hydrogen) atoms. The Morgan fingerprint density at radius 1 is 1.50 bits per heavy atom. The van der Waals surface area contributed by atoms with E-state index in [0.717, 1.165) is 6.42 Å². The van der Waals surface area contributed by atoms with Gasteiger partial charge in [-0.05, 0) is 27.2 Å². The predicted octanol–water partition coefficient (Wildman–Crippen LogP) is 2.10. The van der Waals surface area contributed by atoms with Gasteiger partial charge in [-0.15, -0.1) is 0 Å². The molecule has 0 radical (unpaired) electrons. The van der Waals surface area contributed by atoms with Gasteiger partial charge in [-0.1, -0.05) is 6.92 Å². The van der Waals surface area contributed by atoms with Crippen molar-refractivity contribution < 1.29 is 14.3 Å². The van der Waals surface area contributed by atoms with Crippen molar-refractivity contribution >= 4 is 5.97 Å². The summed E-state index contributed by atoms with van der Waals surface area (Å²) in [6.45, 7) is 9.05. The van der Waals surface area contributed by atoms with Gasteiger partial charge in [-0.2, -0.15) is 0 Å². The quantitative estimate of drug-likeness (QED) is 0.483. The predicted molar refractivity (Wildman–Crippen MR) is 46.7 cm³/mol. The maximum absolute atomic E-state index is 10.5. The summed E-state index contributed by atoms with van der Waals surface area (Å²) in [4.78, 5) is 10.5. The summed E-state index contributed by atoms with van der Waals surface area (Å²) in [6.07, 6.45) is 0.427. The highest BCUT2D eigenvalue weighted by Crippen LogP contribution is 2.16. The first kappa shape index (κ1) is 11.4. The van der Waals surface area contributed by atoms with Gasteiger partial charge in [0.05, 0.1) is 5.60 Å². The van der Waals surface area contributed by atoms with Gasteiger partial charge in [0.15, 0.2) is 0 Å². The Balaban J connectivity index is 3.83. The standard InChI is InChI=1S/C9H18O3/c1-6-9(4,5)12-8(3)11-7(2)10/h8H,6H2,1-5H3. The molecule has 3 heteroatoms. The van der Waals surface area contributed by atoms with Gasteiger partial charge in [0, 0.05) is 6.92 Å². The fourth-order valence-corrected chi connectivity index (χ4v) is 0.790. The zero-order valence-electron chi connectivity index (χ0n) is 8.51. The van der Waals surface area contributed by atoms with Crippen molar-refractivity contribution in [3.8, 4) is 0 Å². The van der Waals surface area contributed by atoms with E-state index >= 15 is 0 Å². The van der Waals surface area contributed by atoms with Crippen molar-refractivity contribution in [1.29, 1.82) is 0 Å². The molecule has 0 aromatic carbocycles. The number of carbonyl (C=O) groups is 1. The molecule has 1 atom stereocenters. The van der Waals surface area contributed by atoms with Gasteiger partial charge in [0.2, 0.25) is 6.29 Å². The van der Waals surface area contributed by atoms with Crippen molar-refractivity contribution in [3.05, 3.63) is 0 Å². The first-order valence-electron chi connectivity index (χ1n) is 4.22. The number of carbonyl (C=O) groups excluding carboxylic acids is 1. The largest absolute Gasteiger partial charge is 0.436 e. The van der Waals surface area contributed by atoms with Crippen molar-refractivity contribution in [1.82, 2.24) is 0 Å². The molecule has 0 saturated heterocycles. The maximum Gasteiger partial charge on any atom is 0.304 e. The van der Waals surface area contributed by atoms with Gasteiger partial charge in [0.1, 0.15) is 0 Å². The number of esters is 1. The average molecular weight is 174 g/mol. The van der Waals surface area contributed by atoms with Crippen LogP contribution >= 0.6 is 0 Å². The molecule has 72 valence electrons. The normalized spacial score (nSPS) is 14.1. The smallest absolute Gasteiger partial charge is 0.304 e. The minimum atomic E-state index is -0.461. The second-order valence-electron chi connectivity index (χ2n) is 3.41. The molecule has 0 aromatic rings. The molecule has 0 saturated carbocycles. The fourth-order valence-electron chi connectivity index (χ4n) is 0.790. The molecule has 0 aliphatic carbocycles. The van der Waals surface area contributed by atoms with Gasteiger partial charge >= 0.3 is 5.97 Å². The van der Waals surface area contributed by atoms with Crippen LogP contribution in [0.1, 0.15) is 41.0 Å². The molecule has 0 aromatic heterocycles. The van der Waals surface area contributed by atoms with E-state index < -0.39 is 6.29 Å². The molecule has 3 nitrogen and oxygen atoms in total. The lowest BCUT2D eigenvalue weighted by molar-refractivity contribution is -0.198. The molecule has 0 amide bonds. The number of rotatable bonds is 4. The van der Waals surface area contributed by atoms with Crippen LogP contribution in [0.4, 0.5) is 0 Å². The molecule has 0 N–H and O–H groups in total. The highest BCUT2D eigenvalue weighted by atomic mass is 16.7. The van der Waals surface area contributed by atoms with Crippen LogP contribution in [0.15, 0.2) is 0 Å². The molecular formula is C9H18O3.